The van der Waals surface area contributed by atoms with Gasteiger partial charge in [0.15, 0.2) is 0 Å². The molecule has 2 aliphatic rings. The first-order chi connectivity index (χ1) is 7.72. The minimum atomic E-state index is 0.264. The summed E-state index contributed by atoms with van der Waals surface area (Å²) in [5.41, 5.74) is 6.29. The van der Waals surface area contributed by atoms with Crippen LogP contribution in [0.1, 0.15) is 46.0 Å². The third kappa shape index (κ3) is 2.13. The van der Waals surface area contributed by atoms with Gasteiger partial charge in [0.1, 0.15) is 0 Å². The molecule has 1 saturated heterocycles. The van der Waals surface area contributed by atoms with E-state index in [-0.39, 0.29) is 5.54 Å². The fraction of sp³-hybridized carbons (Fsp3) is 1.00. The normalized spacial score (nSPS) is 40.7. The summed E-state index contributed by atoms with van der Waals surface area (Å²) in [6.45, 7) is 7.29. The molecule has 0 aromatic heterocycles. The monoisotopic (exact) mass is 226 g/mol. The molecule has 2 fully saturated rings. The van der Waals surface area contributed by atoms with Gasteiger partial charge in [0.25, 0.3) is 0 Å². The second kappa shape index (κ2) is 5.03. The Morgan fingerprint density at radius 1 is 1.38 bits per heavy atom. The van der Waals surface area contributed by atoms with Crippen molar-refractivity contribution < 1.29 is 4.74 Å². The molecule has 94 valence electrons. The van der Waals surface area contributed by atoms with E-state index in [4.69, 9.17) is 10.5 Å². The van der Waals surface area contributed by atoms with Crippen LogP contribution in [-0.2, 0) is 4.74 Å². The molecule has 2 rings (SSSR count). The van der Waals surface area contributed by atoms with Gasteiger partial charge >= 0.3 is 0 Å². The van der Waals surface area contributed by atoms with E-state index < -0.39 is 0 Å². The highest BCUT2D eigenvalue weighted by Gasteiger charge is 2.49. The van der Waals surface area contributed by atoms with E-state index in [0.29, 0.717) is 12.1 Å². The van der Waals surface area contributed by atoms with Gasteiger partial charge < -0.3 is 10.5 Å². The molecular weight excluding hydrogens is 200 g/mol. The number of nitrogens with zero attached hydrogens (tertiary/aromatic N) is 1. The number of nitrogens with two attached hydrogens (primary N) is 1. The van der Waals surface area contributed by atoms with E-state index in [1.165, 1.54) is 25.8 Å². The molecule has 1 aliphatic heterocycles. The predicted octanol–water partition coefficient (Wildman–Crippen LogP) is 1.76. The molecule has 0 spiro atoms. The molecule has 3 heteroatoms. The van der Waals surface area contributed by atoms with E-state index in [1.54, 1.807) is 0 Å². The van der Waals surface area contributed by atoms with Gasteiger partial charge in [-0.25, -0.2) is 0 Å². The van der Waals surface area contributed by atoms with Gasteiger partial charge in [0.05, 0.1) is 6.10 Å². The van der Waals surface area contributed by atoms with Gasteiger partial charge in [0, 0.05) is 24.7 Å². The van der Waals surface area contributed by atoms with Gasteiger partial charge in [-0.05, 0) is 46.1 Å². The standard InChI is InChI=1S/C13H26N2O/c1-3-16-12-8-13(9-12,10-14)15-7-5-4-6-11(15)2/h11-12H,3-10,14H2,1-2H3. The zero-order valence-electron chi connectivity index (χ0n) is 10.7. The maximum Gasteiger partial charge on any atom is 0.0611 e. The van der Waals surface area contributed by atoms with Gasteiger partial charge in [-0.3, -0.25) is 4.90 Å². The highest BCUT2D eigenvalue weighted by Crippen LogP contribution is 2.42. The Hall–Kier alpha value is -0.120. The van der Waals surface area contributed by atoms with E-state index in [1.807, 2.05) is 0 Å². The van der Waals surface area contributed by atoms with Crippen LogP contribution in [0.3, 0.4) is 0 Å². The van der Waals surface area contributed by atoms with Crippen LogP contribution in [0.2, 0.25) is 0 Å². The average Bonchev–Trinajstić information content (AvgIpc) is 2.24. The lowest BCUT2D eigenvalue weighted by Gasteiger charge is -2.56. The van der Waals surface area contributed by atoms with Crippen molar-refractivity contribution in [2.75, 3.05) is 19.7 Å². The summed E-state index contributed by atoms with van der Waals surface area (Å²) in [6, 6.07) is 0.708. The van der Waals surface area contributed by atoms with Crippen molar-refractivity contribution in [2.45, 2.75) is 63.6 Å². The van der Waals surface area contributed by atoms with Gasteiger partial charge in [0.2, 0.25) is 0 Å². The summed E-state index contributed by atoms with van der Waals surface area (Å²) in [4.78, 5) is 2.66. The van der Waals surface area contributed by atoms with E-state index in [9.17, 15) is 0 Å². The SMILES string of the molecule is CCOC1CC(CN)(N2CCCCC2C)C1. The number of hydrogen-bond donors (Lipinski definition) is 1. The first-order valence-electron chi connectivity index (χ1n) is 6.80. The van der Waals surface area contributed by atoms with Crippen molar-refractivity contribution in [3.63, 3.8) is 0 Å². The Kier molecular flexibility index (Phi) is 3.88. The van der Waals surface area contributed by atoms with Crippen LogP contribution in [0.4, 0.5) is 0 Å². The zero-order valence-corrected chi connectivity index (χ0v) is 10.7. The third-order valence-electron chi connectivity index (χ3n) is 4.41. The molecule has 1 saturated carbocycles. The average molecular weight is 226 g/mol. The van der Waals surface area contributed by atoms with Crippen LogP contribution in [0.15, 0.2) is 0 Å². The van der Waals surface area contributed by atoms with Crippen LogP contribution in [0, 0.1) is 0 Å². The number of likely N-dealkylation sites (tertiary alicyclic amines) is 1. The minimum Gasteiger partial charge on any atom is -0.378 e. The molecule has 0 aromatic rings. The smallest absolute Gasteiger partial charge is 0.0611 e. The maximum absolute atomic E-state index is 6.02. The molecule has 0 amide bonds. The van der Waals surface area contributed by atoms with Crippen LogP contribution >= 0.6 is 0 Å². The summed E-state index contributed by atoms with van der Waals surface area (Å²) >= 11 is 0. The molecule has 0 radical (unpaired) electrons. The molecule has 3 nitrogen and oxygen atoms in total. The van der Waals surface area contributed by atoms with E-state index in [2.05, 4.69) is 18.7 Å². The minimum absolute atomic E-state index is 0.264. The Balaban J connectivity index is 1.95. The predicted molar refractivity (Wildman–Crippen MR) is 66.5 cm³/mol. The van der Waals surface area contributed by atoms with Crippen molar-refractivity contribution >= 4 is 0 Å². The van der Waals surface area contributed by atoms with E-state index >= 15 is 0 Å². The molecule has 2 N–H and O–H groups in total. The molecule has 1 unspecified atom stereocenters. The number of piperidine rings is 1. The summed E-state index contributed by atoms with van der Waals surface area (Å²) in [7, 11) is 0. The third-order valence-corrected chi connectivity index (χ3v) is 4.41. The first kappa shape index (κ1) is 12.3. The van der Waals surface area contributed by atoms with Gasteiger partial charge in [-0.15, -0.1) is 0 Å². The van der Waals surface area contributed by atoms with Crippen LogP contribution in [-0.4, -0.2) is 42.3 Å². The lowest BCUT2D eigenvalue weighted by molar-refractivity contribution is -0.117. The zero-order chi connectivity index (χ0) is 11.6. The molecule has 1 atom stereocenters. The van der Waals surface area contributed by atoms with Crippen LogP contribution < -0.4 is 5.73 Å². The second-order valence-electron chi connectivity index (χ2n) is 5.45. The summed E-state index contributed by atoms with van der Waals surface area (Å²) in [6.07, 6.45) is 6.80. The Morgan fingerprint density at radius 3 is 2.69 bits per heavy atom. The number of hydrogen-bond acceptors (Lipinski definition) is 3. The largest absolute Gasteiger partial charge is 0.378 e. The molecule has 1 aliphatic carbocycles. The first-order valence-corrected chi connectivity index (χ1v) is 6.80. The molecular formula is C13H26N2O. The second-order valence-corrected chi connectivity index (χ2v) is 5.45. The highest BCUT2D eigenvalue weighted by atomic mass is 16.5. The van der Waals surface area contributed by atoms with Crippen molar-refractivity contribution in [3.8, 4) is 0 Å². The summed E-state index contributed by atoms with van der Waals surface area (Å²) < 4.78 is 5.68. The summed E-state index contributed by atoms with van der Waals surface area (Å²) in [5, 5.41) is 0. The molecule has 0 bridgehead atoms. The topological polar surface area (TPSA) is 38.5 Å². The molecule has 1 heterocycles. The van der Waals surface area contributed by atoms with Crippen LogP contribution in [0.5, 0.6) is 0 Å². The fourth-order valence-electron chi connectivity index (χ4n) is 3.46. The van der Waals surface area contributed by atoms with Gasteiger partial charge in [-0.2, -0.15) is 0 Å². The lowest BCUT2D eigenvalue weighted by Crippen LogP contribution is -2.66. The Labute approximate surface area is 99.3 Å². The maximum atomic E-state index is 6.02. The van der Waals surface area contributed by atoms with Crippen molar-refractivity contribution in [2.24, 2.45) is 5.73 Å². The van der Waals surface area contributed by atoms with Crippen molar-refractivity contribution in [1.82, 2.24) is 4.90 Å². The Morgan fingerprint density at radius 2 is 2.12 bits per heavy atom. The molecule has 0 aromatic carbocycles. The van der Waals surface area contributed by atoms with E-state index in [0.717, 1.165) is 26.0 Å². The quantitative estimate of drug-likeness (QED) is 0.794. The fourth-order valence-corrected chi connectivity index (χ4v) is 3.46. The summed E-state index contributed by atoms with van der Waals surface area (Å²) in [5.74, 6) is 0. The highest BCUT2D eigenvalue weighted by molar-refractivity contribution is 5.06. The Bertz CT molecular complexity index is 226. The van der Waals surface area contributed by atoms with Gasteiger partial charge in [-0.1, -0.05) is 6.42 Å². The number of ether oxygens (including phenoxy) is 1. The lowest BCUT2D eigenvalue weighted by atomic mass is 9.71. The van der Waals surface area contributed by atoms with Crippen molar-refractivity contribution in [3.05, 3.63) is 0 Å². The van der Waals surface area contributed by atoms with Crippen molar-refractivity contribution in [1.29, 1.82) is 0 Å². The molecule has 16 heavy (non-hydrogen) atoms. The van der Waals surface area contributed by atoms with Crippen LogP contribution in [0.25, 0.3) is 0 Å². The number of rotatable bonds is 4.